The molecule has 0 fully saturated rings. The van der Waals surface area contributed by atoms with Crippen LogP contribution in [0.5, 0.6) is 0 Å². The molecule has 1 N–H and O–H groups in total. The van der Waals surface area contributed by atoms with Crippen molar-refractivity contribution in [2.24, 2.45) is 0 Å². The van der Waals surface area contributed by atoms with Gasteiger partial charge in [0, 0.05) is 18.2 Å². The van der Waals surface area contributed by atoms with Gasteiger partial charge < -0.3 is 5.32 Å². The molecule has 0 aromatic heterocycles. The lowest BCUT2D eigenvalue weighted by Crippen LogP contribution is -2.19. The lowest BCUT2D eigenvalue weighted by molar-refractivity contribution is 0.528. The van der Waals surface area contributed by atoms with Crippen molar-refractivity contribution in [1.29, 1.82) is 0 Å². The molecule has 0 bridgehead atoms. The Morgan fingerprint density at radius 1 is 1.10 bits per heavy atom. The smallest absolute Gasteiger partial charge is 0.127 e. The van der Waals surface area contributed by atoms with Crippen molar-refractivity contribution < 1.29 is 4.39 Å². The van der Waals surface area contributed by atoms with E-state index in [1.54, 1.807) is 6.07 Å². The summed E-state index contributed by atoms with van der Waals surface area (Å²) in [6, 6.07) is 13.7. The standard InChI is InChI=1S/C18H20FN/c1-13(17-7-2-3-8-18(17)19)20-12-14-9-10-15-5-4-6-16(15)11-14/h2-3,7-11,13,20H,4-6,12H2,1H3. The fourth-order valence-electron chi connectivity index (χ4n) is 2.94. The predicted octanol–water partition coefficient (Wildman–Crippen LogP) is 4.17. The lowest BCUT2D eigenvalue weighted by atomic mass is 10.0. The van der Waals surface area contributed by atoms with E-state index < -0.39 is 0 Å². The number of rotatable bonds is 4. The van der Waals surface area contributed by atoms with E-state index in [1.165, 1.54) is 42.0 Å². The molecule has 104 valence electrons. The van der Waals surface area contributed by atoms with Crippen molar-refractivity contribution in [3.8, 4) is 0 Å². The first-order valence-corrected chi connectivity index (χ1v) is 7.32. The Labute approximate surface area is 119 Å². The molecule has 2 aromatic carbocycles. The quantitative estimate of drug-likeness (QED) is 0.878. The summed E-state index contributed by atoms with van der Waals surface area (Å²) >= 11 is 0. The Kier molecular flexibility index (Phi) is 3.83. The van der Waals surface area contributed by atoms with Gasteiger partial charge in [-0.1, -0.05) is 36.4 Å². The van der Waals surface area contributed by atoms with Gasteiger partial charge in [0.1, 0.15) is 5.82 Å². The summed E-state index contributed by atoms with van der Waals surface area (Å²) in [7, 11) is 0. The van der Waals surface area contributed by atoms with Crippen LogP contribution >= 0.6 is 0 Å². The van der Waals surface area contributed by atoms with Gasteiger partial charge in [-0.25, -0.2) is 4.39 Å². The van der Waals surface area contributed by atoms with Crippen LogP contribution in [0.25, 0.3) is 0 Å². The molecular weight excluding hydrogens is 249 g/mol. The van der Waals surface area contributed by atoms with Crippen molar-refractivity contribution in [3.63, 3.8) is 0 Å². The summed E-state index contributed by atoms with van der Waals surface area (Å²) in [4.78, 5) is 0. The molecule has 1 aliphatic rings. The van der Waals surface area contributed by atoms with Gasteiger partial charge >= 0.3 is 0 Å². The number of hydrogen-bond donors (Lipinski definition) is 1. The normalized spacial score (nSPS) is 15.1. The van der Waals surface area contributed by atoms with Crippen LogP contribution < -0.4 is 5.32 Å². The van der Waals surface area contributed by atoms with E-state index in [4.69, 9.17) is 0 Å². The molecule has 2 aromatic rings. The van der Waals surface area contributed by atoms with Crippen LogP contribution in [0.1, 0.15) is 41.6 Å². The molecule has 1 nitrogen and oxygen atoms in total. The van der Waals surface area contributed by atoms with E-state index in [-0.39, 0.29) is 11.9 Å². The van der Waals surface area contributed by atoms with E-state index in [0.717, 1.165) is 12.1 Å². The second-order valence-electron chi connectivity index (χ2n) is 5.58. The minimum absolute atomic E-state index is 0.0180. The summed E-state index contributed by atoms with van der Waals surface area (Å²) in [5.74, 6) is -0.138. The van der Waals surface area contributed by atoms with Gasteiger partial charge in [-0.3, -0.25) is 0 Å². The van der Waals surface area contributed by atoms with E-state index in [1.807, 2.05) is 19.1 Å². The highest BCUT2D eigenvalue weighted by molar-refractivity contribution is 5.35. The largest absolute Gasteiger partial charge is 0.306 e. The molecule has 20 heavy (non-hydrogen) atoms. The number of nitrogens with one attached hydrogen (secondary N) is 1. The van der Waals surface area contributed by atoms with E-state index in [9.17, 15) is 4.39 Å². The van der Waals surface area contributed by atoms with Crippen molar-refractivity contribution in [3.05, 3.63) is 70.5 Å². The molecule has 1 unspecified atom stereocenters. The first-order valence-electron chi connectivity index (χ1n) is 7.32. The SMILES string of the molecule is CC(NCc1ccc2c(c1)CCC2)c1ccccc1F. The minimum Gasteiger partial charge on any atom is -0.306 e. The molecule has 1 atom stereocenters. The van der Waals surface area contributed by atoms with Gasteiger partial charge in [0.15, 0.2) is 0 Å². The third-order valence-corrected chi connectivity index (χ3v) is 4.15. The Morgan fingerprint density at radius 2 is 1.90 bits per heavy atom. The average Bonchev–Trinajstić information content (AvgIpc) is 2.92. The third kappa shape index (κ3) is 2.75. The first kappa shape index (κ1) is 13.3. The Hall–Kier alpha value is -1.67. The highest BCUT2D eigenvalue weighted by Crippen LogP contribution is 2.23. The summed E-state index contributed by atoms with van der Waals surface area (Å²) in [5.41, 5.74) is 5.00. The molecular formula is C18H20FN. The molecule has 0 spiro atoms. The summed E-state index contributed by atoms with van der Waals surface area (Å²) in [5, 5.41) is 3.41. The molecule has 0 radical (unpaired) electrons. The number of benzene rings is 2. The van der Waals surface area contributed by atoms with Crippen molar-refractivity contribution >= 4 is 0 Å². The second kappa shape index (κ2) is 5.76. The number of halogens is 1. The molecule has 0 saturated heterocycles. The van der Waals surface area contributed by atoms with E-state index in [0.29, 0.717) is 0 Å². The maximum absolute atomic E-state index is 13.7. The van der Waals surface area contributed by atoms with Gasteiger partial charge in [0.25, 0.3) is 0 Å². The number of hydrogen-bond acceptors (Lipinski definition) is 1. The van der Waals surface area contributed by atoms with Gasteiger partial charge in [-0.15, -0.1) is 0 Å². The highest BCUT2D eigenvalue weighted by Gasteiger charge is 2.12. The van der Waals surface area contributed by atoms with Crippen LogP contribution in [-0.4, -0.2) is 0 Å². The Bertz CT molecular complexity index is 606. The second-order valence-corrected chi connectivity index (χ2v) is 5.58. The molecule has 0 aliphatic heterocycles. The molecule has 1 aliphatic carbocycles. The van der Waals surface area contributed by atoms with Crippen molar-refractivity contribution in [2.75, 3.05) is 0 Å². The summed E-state index contributed by atoms with van der Waals surface area (Å²) < 4.78 is 13.7. The van der Waals surface area contributed by atoms with Crippen molar-refractivity contribution in [1.82, 2.24) is 5.32 Å². The lowest BCUT2D eigenvalue weighted by Gasteiger charge is -2.15. The van der Waals surface area contributed by atoms with Gasteiger partial charge in [0.05, 0.1) is 0 Å². The average molecular weight is 269 g/mol. The topological polar surface area (TPSA) is 12.0 Å². The van der Waals surface area contributed by atoms with E-state index in [2.05, 4.69) is 23.5 Å². The van der Waals surface area contributed by atoms with Gasteiger partial charge in [-0.05, 0) is 48.9 Å². The summed E-state index contributed by atoms with van der Waals surface area (Å²) in [6.45, 7) is 2.79. The summed E-state index contributed by atoms with van der Waals surface area (Å²) in [6.07, 6.45) is 3.69. The highest BCUT2D eigenvalue weighted by atomic mass is 19.1. The Morgan fingerprint density at radius 3 is 2.75 bits per heavy atom. The maximum Gasteiger partial charge on any atom is 0.127 e. The number of aryl methyl sites for hydroxylation is 2. The van der Waals surface area contributed by atoms with Crippen LogP contribution in [0.2, 0.25) is 0 Å². The monoisotopic (exact) mass is 269 g/mol. The van der Waals surface area contributed by atoms with Crippen LogP contribution in [-0.2, 0) is 19.4 Å². The first-order chi connectivity index (χ1) is 9.74. The predicted molar refractivity (Wildman–Crippen MR) is 80.1 cm³/mol. The fraction of sp³-hybridized carbons (Fsp3) is 0.333. The molecule has 2 heteroatoms. The van der Waals surface area contributed by atoms with Gasteiger partial charge in [-0.2, -0.15) is 0 Å². The molecule has 3 rings (SSSR count). The minimum atomic E-state index is -0.138. The van der Waals surface area contributed by atoms with Gasteiger partial charge in [0.2, 0.25) is 0 Å². The zero-order valence-corrected chi connectivity index (χ0v) is 11.8. The van der Waals surface area contributed by atoms with Crippen LogP contribution in [0, 0.1) is 5.82 Å². The van der Waals surface area contributed by atoms with E-state index >= 15 is 0 Å². The Balaban J connectivity index is 1.66. The molecule has 0 heterocycles. The van der Waals surface area contributed by atoms with Crippen LogP contribution in [0.3, 0.4) is 0 Å². The molecule has 0 amide bonds. The zero-order valence-electron chi connectivity index (χ0n) is 11.8. The third-order valence-electron chi connectivity index (χ3n) is 4.15. The fourth-order valence-corrected chi connectivity index (χ4v) is 2.94. The zero-order chi connectivity index (χ0) is 13.9. The maximum atomic E-state index is 13.7. The number of fused-ring (bicyclic) bond motifs is 1. The molecule has 0 saturated carbocycles. The van der Waals surface area contributed by atoms with Crippen LogP contribution in [0.4, 0.5) is 4.39 Å². The van der Waals surface area contributed by atoms with Crippen molar-refractivity contribution in [2.45, 2.75) is 38.8 Å². The van der Waals surface area contributed by atoms with Crippen LogP contribution in [0.15, 0.2) is 42.5 Å².